The van der Waals surface area contributed by atoms with E-state index in [0.29, 0.717) is 25.5 Å². The molecule has 1 amide bonds. The Balaban J connectivity index is 1.41. The van der Waals surface area contributed by atoms with Gasteiger partial charge in [-0.15, -0.1) is 0 Å². The second kappa shape index (κ2) is 7.53. The molecule has 2 N–H and O–H groups in total. The predicted molar refractivity (Wildman–Crippen MR) is 95.8 cm³/mol. The molecule has 0 radical (unpaired) electrons. The minimum atomic E-state index is -0.263. The van der Waals surface area contributed by atoms with Gasteiger partial charge in [0.15, 0.2) is 0 Å². The zero-order valence-corrected chi connectivity index (χ0v) is 14.2. The van der Waals surface area contributed by atoms with Crippen molar-refractivity contribution in [2.45, 2.75) is 25.0 Å². The van der Waals surface area contributed by atoms with Gasteiger partial charge in [0.25, 0.3) is 0 Å². The molecule has 3 aromatic rings. The SMILES string of the molecule is O=C(Cc1[nH]nc2ccccc12)N[C@@H]1CCOC[C@H]1Oc1ccccn1. The molecule has 1 aromatic carbocycles. The van der Waals surface area contributed by atoms with Crippen molar-refractivity contribution < 1.29 is 14.3 Å². The lowest BCUT2D eigenvalue weighted by Gasteiger charge is -2.32. The summed E-state index contributed by atoms with van der Waals surface area (Å²) in [5.74, 6) is 0.461. The summed E-state index contributed by atoms with van der Waals surface area (Å²) in [4.78, 5) is 16.7. The van der Waals surface area contributed by atoms with Crippen molar-refractivity contribution in [2.75, 3.05) is 13.2 Å². The molecular formula is C19H20N4O3. The second-order valence-electron chi connectivity index (χ2n) is 6.26. The molecule has 0 bridgehead atoms. The fourth-order valence-electron chi connectivity index (χ4n) is 3.13. The molecule has 0 spiro atoms. The lowest BCUT2D eigenvalue weighted by atomic mass is 10.1. The Morgan fingerprint density at radius 3 is 3.04 bits per heavy atom. The van der Waals surface area contributed by atoms with Crippen LogP contribution < -0.4 is 10.1 Å². The molecule has 2 aromatic heterocycles. The van der Waals surface area contributed by atoms with Gasteiger partial charge in [-0.25, -0.2) is 4.98 Å². The third kappa shape index (κ3) is 3.67. The molecule has 7 heteroatoms. The monoisotopic (exact) mass is 352 g/mol. The zero-order valence-electron chi connectivity index (χ0n) is 14.2. The molecule has 1 aliphatic heterocycles. The Morgan fingerprint density at radius 1 is 1.27 bits per heavy atom. The number of ether oxygens (including phenoxy) is 2. The second-order valence-corrected chi connectivity index (χ2v) is 6.26. The highest BCUT2D eigenvalue weighted by Gasteiger charge is 2.29. The number of fused-ring (bicyclic) bond motifs is 1. The van der Waals surface area contributed by atoms with Crippen molar-refractivity contribution in [3.8, 4) is 5.88 Å². The molecule has 1 fully saturated rings. The van der Waals surface area contributed by atoms with E-state index < -0.39 is 0 Å². The van der Waals surface area contributed by atoms with Crippen LogP contribution in [0.1, 0.15) is 12.1 Å². The van der Waals surface area contributed by atoms with E-state index in [0.717, 1.165) is 16.6 Å². The Morgan fingerprint density at radius 2 is 2.15 bits per heavy atom. The Hall–Kier alpha value is -2.93. The summed E-state index contributed by atoms with van der Waals surface area (Å²) >= 11 is 0. The maximum absolute atomic E-state index is 12.5. The van der Waals surface area contributed by atoms with Crippen molar-refractivity contribution in [3.05, 3.63) is 54.4 Å². The van der Waals surface area contributed by atoms with E-state index in [1.165, 1.54) is 0 Å². The van der Waals surface area contributed by atoms with E-state index in [4.69, 9.17) is 9.47 Å². The Kier molecular flexibility index (Phi) is 4.79. The summed E-state index contributed by atoms with van der Waals surface area (Å²) in [6.07, 6.45) is 2.36. The highest BCUT2D eigenvalue weighted by Crippen LogP contribution is 2.17. The first-order chi connectivity index (χ1) is 12.8. The van der Waals surface area contributed by atoms with Crippen LogP contribution in [-0.2, 0) is 16.0 Å². The number of H-pyrrole nitrogens is 1. The van der Waals surface area contributed by atoms with Crippen molar-refractivity contribution in [2.24, 2.45) is 0 Å². The Bertz CT molecular complexity index is 881. The number of hydrogen-bond acceptors (Lipinski definition) is 5. The van der Waals surface area contributed by atoms with Crippen LogP contribution >= 0.6 is 0 Å². The first kappa shape index (κ1) is 16.5. The number of aromatic nitrogens is 3. The van der Waals surface area contributed by atoms with Gasteiger partial charge in [0.1, 0.15) is 6.10 Å². The van der Waals surface area contributed by atoms with Crippen LogP contribution in [0, 0.1) is 0 Å². The number of rotatable bonds is 5. The third-order valence-corrected chi connectivity index (χ3v) is 4.44. The van der Waals surface area contributed by atoms with Gasteiger partial charge in [0, 0.05) is 24.3 Å². The maximum atomic E-state index is 12.5. The summed E-state index contributed by atoms with van der Waals surface area (Å²) in [5.41, 5.74) is 1.67. The largest absolute Gasteiger partial charge is 0.470 e. The van der Waals surface area contributed by atoms with E-state index in [-0.39, 0.29) is 24.5 Å². The molecule has 0 aliphatic carbocycles. The van der Waals surface area contributed by atoms with Crippen molar-refractivity contribution in [1.29, 1.82) is 0 Å². The van der Waals surface area contributed by atoms with Gasteiger partial charge in [0.05, 0.1) is 30.3 Å². The smallest absolute Gasteiger partial charge is 0.226 e. The quantitative estimate of drug-likeness (QED) is 0.732. The van der Waals surface area contributed by atoms with E-state index in [9.17, 15) is 4.79 Å². The highest BCUT2D eigenvalue weighted by atomic mass is 16.5. The lowest BCUT2D eigenvalue weighted by Crippen LogP contribution is -2.51. The van der Waals surface area contributed by atoms with Crippen LogP contribution in [0.25, 0.3) is 10.9 Å². The van der Waals surface area contributed by atoms with Crippen LogP contribution in [0.2, 0.25) is 0 Å². The topological polar surface area (TPSA) is 89.1 Å². The number of pyridine rings is 1. The molecule has 3 heterocycles. The van der Waals surface area contributed by atoms with Gasteiger partial charge in [-0.1, -0.05) is 24.3 Å². The standard InChI is InChI=1S/C19H20N4O3/c24-18(11-16-13-5-1-2-6-14(13)22-23-16)21-15-8-10-25-12-17(15)26-19-7-3-4-9-20-19/h1-7,9,15,17H,8,10-12H2,(H,21,24)(H,22,23)/t15-,17-/m1/s1. The summed E-state index contributed by atoms with van der Waals surface area (Å²) in [6, 6.07) is 13.1. The van der Waals surface area contributed by atoms with Crippen molar-refractivity contribution in [1.82, 2.24) is 20.5 Å². The number of nitrogens with one attached hydrogen (secondary N) is 2. The normalized spacial score (nSPS) is 20.0. The number of benzene rings is 1. The van der Waals surface area contributed by atoms with Gasteiger partial charge in [-0.2, -0.15) is 5.10 Å². The minimum absolute atomic E-state index is 0.0686. The molecule has 4 rings (SSSR count). The van der Waals surface area contributed by atoms with Gasteiger partial charge < -0.3 is 14.8 Å². The third-order valence-electron chi connectivity index (χ3n) is 4.44. The van der Waals surface area contributed by atoms with E-state index in [1.54, 1.807) is 12.3 Å². The van der Waals surface area contributed by atoms with Crippen LogP contribution in [-0.4, -0.2) is 46.4 Å². The summed E-state index contributed by atoms with van der Waals surface area (Å²) in [6.45, 7) is 1.02. The van der Waals surface area contributed by atoms with E-state index >= 15 is 0 Å². The molecule has 0 unspecified atom stereocenters. The van der Waals surface area contributed by atoms with E-state index in [1.807, 2.05) is 36.4 Å². The maximum Gasteiger partial charge on any atom is 0.226 e. The molecule has 1 aliphatic rings. The highest BCUT2D eigenvalue weighted by molar-refractivity contribution is 5.87. The van der Waals surface area contributed by atoms with Crippen LogP contribution in [0.3, 0.4) is 0 Å². The van der Waals surface area contributed by atoms with Crippen LogP contribution in [0.4, 0.5) is 0 Å². The number of carbonyl (C=O) groups excluding carboxylic acids is 1. The first-order valence-electron chi connectivity index (χ1n) is 8.66. The molecule has 1 saturated heterocycles. The summed E-state index contributed by atoms with van der Waals surface area (Å²) in [5, 5.41) is 11.2. The first-order valence-corrected chi connectivity index (χ1v) is 8.66. The number of carbonyl (C=O) groups is 1. The number of amides is 1. The van der Waals surface area contributed by atoms with Crippen LogP contribution in [0.5, 0.6) is 5.88 Å². The van der Waals surface area contributed by atoms with E-state index in [2.05, 4.69) is 20.5 Å². The van der Waals surface area contributed by atoms with Crippen molar-refractivity contribution >= 4 is 16.8 Å². The fraction of sp³-hybridized carbons (Fsp3) is 0.316. The molecular weight excluding hydrogens is 332 g/mol. The average molecular weight is 352 g/mol. The summed E-state index contributed by atoms with van der Waals surface area (Å²) in [7, 11) is 0. The summed E-state index contributed by atoms with van der Waals surface area (Å²) < 4.78 is 11.4. The average Bonchev–Trinajstić information content (AvgIpc) is 3.07. The number of nitrogens with zero attached hydrogens (tertiary/aromatic N) is 2. The predicted octanol–water partition coefficient (Wildman–Crippen LogP) is 1.85. The molecule has 134 valence electrons. The molecule has 0 saturated carbocycles. The minimum Gasteiger partial charge on any atom is -0.470 e. The number of hydrogen-bond donors (Lipinski definition) is 2. The Labute approximate surface area is 150 Å². The number of para-hydroxylation sites is 1. The van der Waals surface area contributed by atoms with Gasteiger partial charge >= 0.3 is 0 Å². The molecule has 2 atom stereocenters. The number of aromatic amines is 1. The van der Waals surface area contributed by atoms with Crippen molar-refractivity contribution in [3.63, 3.8) is 0 Å². The van der Waals surface area contributed by atoms with Gasteiger partial charge in [-0.3, -0.25) is 9.89 Å². The molecule has 7 nitrogen and oxygen atoms in total. The van der Waals surface area contributed by atoms with Gasteiger partial charge in [0.2, 0.25) is 11.8 Å². The zero-order chi connectivity index (χ0) is 17.8. The van der Waals surface area contributed by atoms with Crippen LogP contribution in [0.15, 0.2) is 48.7 Å². The fourth-order valence-corrected chi connectivity index (χ4v) is 3.13. The molecule has 26 heavy (non-hydrogen) atoms. The van der Waals surface area contributed by atoms with Gasteiger partial charge in [-0.05, 0) is 18.6 Å². The lowest BCUT2D eigenvalue weighted by molar-refractivity contribution is -0.123.